The Morgan fingerprint density at radius 1 is 1.30 bits per heavy atom. The van der Waals surface area contributed by atoms with Crippen LogP contribution in [0.1, 0.15) is 25.7 Å². The van der Waals surface area contributed by atoms with Gasteiger partial charge in [0.1, 0.15) is 0 Å². The summed E-state index contributed by atoms with van der Waals surface area (Å²) >= 11 is 1.48. The van der Waals surface area contributed by atoms with E-state index in [4.69, 9.17) is 11.5 Å². The van der Waals surface area contributed by atoms with Gasteiger partial charge < -0.3 is 16.8 Å². The largest absolute Gasteiger partial charge is 0.381 e. The summed E-state index contributed by atoms with van der Waals surface area (Å²) in [4.78, 5) is 12.0. The lowest BCUT2D eigenvalue weighted by atomic mass is 9.84. The summed E-state index contributed by atoms with van der Waals surface area (Å²) in [7, 11) is 0. The molecule has 1 aliphatic rings. The van der Waals surface area contributed by atoms with Crippen LogP contribution in [0.15, 0.2) is 29.2 Å². The molecule has 0 spiro atoms. The highest BCUT2D eigenvalue weighted by molar-refractivity contribution is 8.00. The van der Waals surface area contributed by atoms with Crippen molar-refractivity contribution in [2.45, 2.75) is 36.6 Å². The van der Waals surface area contributed by atoms with Crippen molar-refractivity contribution in [3.8, 4) is 0 Å². The van der Waals surface area contributed by atoms with Gasteiger partial charge in [0.25, 0.3) is 0 Å². The fraction of sp³-hybridized carbons (Fsp3) is 0.533. The van der Waals surface area contributed by atoms with Crippen LogP contribution in [0.5, 0.6) is 0 Å². The third-order valence-electron chi connectivity index (χ3n) is 3.81. The van der Waals surface area contributed by atoms with Gasteiger partial charge >= 0.3 is 0 Å². The van der Waals surface area contributed by atoms with Crippen molar-refractivity contribution < 1.29 is 4.79 Å². The normalized spacial score (nSPS) is 22.4. The molecule has 5 N–H and O–H groups in total. The topological polar surface area (TPSA) is 81.1 Å². The van der Waals surface area contributed by atoms with Crippen LogP contribution in [0.2, 0.25) is 0 Å². The second kappa shape index (κ2) is 7.55. The van der Waals surface area contributed by atoms with E-state index in [2.05, 4.69) is 11.4 Å². The van der Waals surface area contributed by atoms with E-state index >= 15 is 0 Å². The average Bonchev–Trinajstić information content (AvgIpc) is 2.47. The Balaban J connectivity index is 2.05. The molecule has 1 fully saturated rings. The third-order valence-corrected chi connectivity index (χ3v) is 4.91. The molecule has 1 aliphatic carbocycles. The zero-order chi connectivity index (χ0) is 14.4. The molecule has 1 saturated carbocycles. The number of nitrogens with one attached hydrogen (secondary N) is 1. The lowest BCUT2D eigenvalue weighted by Crippen LogP contribution is -2.36. The van der Waals surface area contributed by atoms with E-state index in [1.54, 1.807) is 0 Å². The maximum atomic E-state index is 10.9. The Kier molecular flexibility index (Phi) is 5.73. The van der Waals surface area contributed by atoms with Crippen LogP contribution in [-0.2, 0) is 4.79 Å². The Hall–Kier alpha value is -1.20. The smallest absolute Gasteiger partial charge is 0.227 e. The first kappa shape index (κ1) is 15.2. The molecule has 1 amide bonds. The molecule has 0 aromatic heterocycles. The summed E-state index contributed by atoms with van der Waals surface area (Å²) in [6.45, 7) is 0.730. The summed E-state index contributed by atoms with van der Waals surface area (Å²) in [5.41, 5.74) is 12.2. The maximum absolute atomic E-state index is 10.9. The summed E-state index contributed by atoms with van der Waals surface area (Å²) in [6, 6.07) is 8.51. The number of carbonyl (C=O) groups is 1. The van der Waals surface area contributed by atoms with Crippen LogP contribution in [0.4, 0.5) is 5.69 Å². The molecule has 1 aromatic rings. The molecule has 0 aliphatic heterocycles. The number of carbonyl (C=O) groups excluding carboxylic acids is 1. The predicted octanol–water partition coefficient (Wildman–Crippen LogP) is 2.19. The SMILES string of the molecule is NCC1CCCCC1Nc1ccccc1SCC(N)=O. The van der Waals surface area contributed by atoms with Gasteiger partial charge in [0.15, 0.2) is 0 Å². The van der Waals surface area contributed by atoms with E-state index in [1.165, 1.54) is 31.0 Å². The standard InChI is InChI=1S/C15H23N3OS/c16-9-11-5-1-2-6-12(11)18-13-7-3-4-8-14(13)20-10-15(17)19/h3-4,7-8,11-12,18H,1-2,5-6,9-10,16H2,(H2,17,19). The third kappa shape index (κ3) is 4.15. The minimum atomic E-state index is -0.290. The van der Waals surface area contributed by atoms with Gasteiger partial charge in [-0.3, -0.25) is 4.79 Å². The molecule has 20 heavy (non-hydrogen) atoms. The van der Waals surface area contributed by atoms with E-state index < -0.39 is 0 Å². The highest BCUT2D eigenvalue weighted by Gasteiger charge is 2.24. The summed E-state index contributed by atoms with van der Waals surface area (Å²) in [6.07, 6.45) is 4.89. The molecule has 0 heterocycles. The number of thioether (sulfide) groups is 1. The summed E-state index contributed by atoms with van der Waals surface area (Å²) in [5, 5.41) is 3.62. The average molecular weight is 293 g/mol. The van der Waals surface area contributed by atoms with Crippen LogP contribution in [0.3, 0.4) is 0 Å². The molecular formula is C15H23N3OS. The van der Waals surface area contributed by atoms with Gasteiger partial charge in [0, 0.05) is 16.6 Å². The number of hydrogen-bond donors (Lipinski definition) is 3. The molecule has 2 atom stereocenters. The van der Waals surface area contributed by atoms with Gasteiger partial charge in [0.05, 0.1) is 5.75 Å². The van der Waals surface area contributed by atoms with Crippen molar-refractivity contribution in [2.75, 3.05) is 17.6 Å². The number of amides is 1. The van der Waals surface area contributed by atoms with Crippen LogP contribution < -0.4 is 16.8 Å². The van der Waals surface area contributed by atoms with Gasteiger partial charge in [0.2, 0.25) is 5.91 Å². The highest BCUT2D eigenvalue weighted by atomic mass is 32.2. The van der Waals surface area contributed by atoms with Crippen molar-refractivity contribution in [1.82, 2.24) is 0 Å². The zero-order valence-corrected chi connectivity index (χ0v) is 12.5. The number of hydrogen-bond acceptors (Lipinski definition) is 4. The predicted molar refractivity (Wildman–Crippen MR) is 84.8 cm³/mol. The van der Waals surface area contributed by atoms with Crippen molar-refractivity contribution >= 4 is 23.4 Å². The fourth-order valence-corrected chi connectivity index (χ4v) is 3.50. The molecule has 2 rings (SSSR count). The van der Waals surface area contributed by atoms with Gasteiger partial charge in [-0.1, -0.05) is 25.0 Å². The lowest BCUT2D eigenvalue weighted by molar-refractivity contribution is -0.115. The van der Waals surface area contributed by atoms with Crippen molar-refractivity contribution in [1.29, 1.82) is 0 Å². The van der Waals surface area contributed by atoms with Crippen LogP contribution in [0.25, 0.3) is 0 Å². The van der Waals surface area contributed by atoms with E-state index in [-0.39, 0.29) is 5.91 Å². The number of nitrogens with two attached hydrogens (primary N) is 2. The van der Waals surface area contributed by atoms with Crippen LogP contribution >= 0.6 is 11.8 Å². The van der Waals surface area contributed by atoms with Gasteiger partial charge in [-0.05, 0) is 37.4 Å². The van der Waals surface area contributed by atoms with Crippen molar-refractivity contribution in [2.24, 2.45) is 17.4 Å². The number of rotatable bonds is 6. The number of para-hydroxylation sites is 1. The fourth-order valence-electron chi connectivity index (χ4n) is 2.74. The van der Waals surface area contributed by atoms with E-state index in [1.807, 2.05) is 18.2 Å². The number of primary amides is 1. The first-order chi connectivity index (χ1) is 9.70. The monoisotopic (exact) mass is 293 g/mol. The summed E-state index contributed by atoms with van der Waals surface area (Å²) < 4.78 is 0. The Bertz CT molecular complexity index is 452. The van der Waals surface area contributed by atoms with E-state index in [0.717, 1.165) is 23.5 Å². The number of anilines is 1. The molecule has 110 valence electrons. The molecular weight excluding hydrogens is 270 g/mol. The van der Waals surface area contributed by atoms with Gasteiger partial charge in [-0.2, -0.15) is 0 Å². The second-order valence-electron chi connectivity index (χ2n) is 5.28. The van der Waals surface area contributed by atoms with Crippen LogP contribution in [0, 0.1) is 5.92 Å². The van der Waals surface area contributed by atoms with E-state index in [9.17, 15) is 4.79 Å². The molecule has 5 heteroatoms. The first-order valence-electron chi connectivity index (χ1n) is 7.17. The van der Waals surface area contributed by atoms with Crippen LogP contribution in [-0.4, -0.2) is 24.2 Å². The quantitative estimate of drug-likeness (QED) is 0.702. The van der Waals surface area contributed by atoms with Gasteiger partial charge in [-0.15, -0.1) is 11.8 Å². The molecule has 0 saturated heterocycles. The molecule has 4 nitrogen and oxygen atoms in total. The highest BCUT2D eigenvalue weighted by Crippen LogP contribution is 2.31. The Morgan fingerprint density at radius 3 is 2.80 bits per heavy atom. The minimum absolute atomic E-state index is 0.290. The molecule has 0 bridgehead atoms. The zero-order valence-electron chi connectivity index (χ0n) is 11.7. The summed E-state index contributed by atoms with van der Waals surface area (Å²) in [5.74, 6) is 0.559. The van der Waals surface area contributed by atoms with E-state index in [0.29, 0.717) is 17.7 Å². The number of benzene rings is 1. The van der Waals surface area contributed by atoms with Crippen molar-refractivity contribution in [3.63, 3.8) is 0 Å². The first-order valence-corrected chi connectivity index (χ1v) is 8.16. The Morgan fingerprint density at radius 2 is 2.05 bits per heavy atom. The molecule has 1 aromatic carbocycles. The molecule has 2 unspecified atom stereocenters. The maximum Gasteiger partial charge on any atom is 0.227 e. The minimum Gasteiger partial charge on any atom is -0.381 e. The lowest BCUT2D eigenvalue weighted by Gasteiger charge is -2.32. The van der Waals surface area contributed by atoms with Gasteiger partial charge in [-0.25, -0.2) is 0 Å². The Labute approximate surface area is 124 Å². The second-order valence-corrected chi connectivity index (χ2v) is 6.30. The molecule has 0 radical (unpaired) electrons. The van der Waals surface area contributed by atoms with Crippen molar-refractivity contribution in [3.05, 3.63) is 24.3 Å².